The molecule has 0 spiro atoms. The molecule has 2 aromatic rings. The van der Waals surface area contributed by atoms with Gasteiger partial charge in [-0.3, -0.25) is 0 Å². The molecule has 0 saturated carbocycles. The molecule has 1 saturated heterocycles. The van der Waals surface area contributed by atoms with Gasteiger partial charge in [-0.25, -0.2) is 0 Å². The summed E-state index contributed by atoms with van der Waals surface area (Å²) in [6.45, 7) is 1.14. The third kappa shape index (κ3) is 4.36. The Balaban J connectivity index is 1.58. The third-order valence-electron chi connectivity index (χ3n) is 4.60. The summed E-state index contributed by atoms with van der Waals surface area (Å²) in [6, 6.07) is 12.8. The molecule has 26 heavy (non-hydrogen) atoms. The first-order valence-corrected chi connectivity index (χ1v) is 8.56. The number of hydrogen-bond acceptors (Lipinski definition) is 3. The lowest BCUT2D eigenvalue weighted by molar-refractivity contribution is -0.137. The molecule has 0 aromatic heterocycles. The zero-order chi connectivity index (χ0) is 18.6. The molecule has 1 aliphatic rings. The Morgan fingerprint density at radius 3 is 2.38 bits per heavy atom. The standard InChI is InChI=1S/C20H20F3NO2/c21-20(22,23)16-5-3-15(4-6-16)14-26-19-9-7-18(8-10-19)24-12-1-2-17(24)11-13-25/h3-10,13,17H,1-2,11-12,14H2. The van der Waals surface area contributed by atoms with Gasteiger partial charge in [0, 0.05) is 24.7 Å². The minimum atomic E-state index is -4.33. The van der Waals surface area contributed by atoms with Crippen molar-refractivity contribution in [1.29, 1.82) is 0 Å². The summed E-state index contributed by atoms with van der Waals surface area (Å²) in [5, 5.41) is 0. The predicted octanol–water partition coefficient (Wildman–Crippen LogP) is 4.84. The number of halogens is 3. The number of hydrogen-bond donors (Lipinski definition) is 0. The molecular weight excluding hydrogens is 343 g/mol. The highest BCUT2D eigenvalue weighted by Crippen LogP contribution is 2.30. The van der Waals surface area contributed by atoms with Gasteiger partial charge in [-0.2, -0.15) is 13.2 Å². The van der Waals surface area contributed by atoms with E-state index in [0.717, 1.165) is 43.5 Å². The number of carbonyl (C=O) groups is 1. The minimum Gasteiger partial charge on any atom is -0.489 e. The monoisotopic (exact) mass is 363 g/mol. The van der Waals surface area contributed by atoms with Crippen LogP contribution in [0.15, 0.2) is 48.5 Å². The Morgan fingerprint density at radius 2 is 1.77 bits per heavy atom. The van der Waals surface area contributed by atoms with E-state index in [2.05, 4.69) is 4.90 Å². The van der Waals surface area contributed by atoms with Crippen molar-refractivity contribution in [2.45, 2.75) is 38.1 Å². The molecule has 138 valence electrons. The molecule has 1 atom stereocenters. The SMILES string of the molecule is O=CCC1CCCN1c1ccc(OCc2ccc(C(F)(F)F)cc2)cc1. The quantitative estimate of drug-likeness (QED) is 0.688. The number of benzene rings is 2. The van der Waals surface area contributed by atoms with Crippen LogP contribution < -0.4 is 9.64 Å². The third-order valence-corrected chi connectivity index (χ3v) is 4.60. The lowest BCUT2D eigenvalue weighted by atomic mass is 10.1. The summed E-state index contributed by atoms with van der Waals surface area (Å²) in [7, 11) is 0. The van der Waals surface area contributed by atoms with Crippen LogP contribution in [-0.4, -0.2) is 18.9 Å². The van der Waals surface area contributed by atoms with E-state index in [0.29, 0.717) is 17.7 Å². The molecule has 1 unspecified atom stereocenters. The summed E-state index contributed by atoms with van der Waals surface area (Å²) in [4.78, 5) is 13.0. The Labute approximate surface area is 150 Å². The van der Waals surface area contributed by atoms with E-state index >= 15 is 0 Å². The Kier molecular flexibility index (Phi) is 5.49. The molecule has 1 aliphatic heterocycles. The maximum atomic E-state index is 12.6. The van der Waals surface area contributed by atoms with Crippen LogP contribution in [0.4, 0.5) is 18.9 Å². The lowest BCUT2D eigenvalue weighted by Crippen LogP contribution is -2.29. The smallest absolute Gasteiger partial charge is 0.416 e. The summed E-state index contributed by atoms with van der Waals surface area (Å²) in [6.07, 6.45) is -0.737. The number of anilines is 1. The van der Waals surface area contributed by atoms with Gasteiger partial charge >= 0.3 is 6.18 Å². The van der Waals surface area contributed by atoms with Crippen LogP contribution in [0.5, 0.6) is 5.75 Å². The van der Waals surface area contributed by atoms with Crippen molar-refractivity contribution in [2.24, 2.45) is 0 Å². The topological polar surface area (TPSA) is 29.5 Å². The number of aldehydes is 1. The number of alkyl halides is 3. The number of carbonyl (C=O) groups excluding carboxylic acids is 1. The van der Waals surface area contributed by atoms with Crippen LogP contribution in [0.2, 0.25) is 0 Å². The van der Waals surface area contributed by atoms with Crippen molar-refractivity contribution in [3.05, 3.63) is 59.7 Å². The van der Waals surface area contributed by atoms with Gasteiger partial charge in [0.15, 0.2) is 0 Å². The van der Waals surface area contributed by atoms with Crippen molar-refractivity contribution in [2.75, 3.05) is 11.4 Å². The van der Waals surface area contributed by atoms with Gasteiger partial charge in [0.05, 0.1) is 5.56 Å². The van der Waals surface area contributed by atoms with Crippen LogP contribution in [0.25, 0.3) is 0 Å². The molecule has 0 amide bonds. The van der Waals surface area contributed by atoms with Crippen LogP contribution in [-0.2, 0) is 17.6 Å². The molecular formula is C20H20F3NO2. The van der Waals surface area contributed by atoms with Crippen LogP contribution >= 0.6 is 0 Å². The van der Waals surface area contributed by atoms with Gasteiger partial charge in [-0.15, -0.1) is 0 Å². The first-order valence-electron chi connectivity index (χ1n) is 8.56. The highest BCUT2D eigenvalue weighted by Gasteiger charge is 2.30. The van der Waals surface area contributed by atoms with Gasteiger partial charge in [0.2, 0.25) is 0 Å². The second kappa shape index (κ2) is 7.81. The normalized spacial score (nSPS) is 17.3. The first-order chi connectivity index (χ1) is 12.5. The van der Waals surface area contributed by atoms with Crippen molar-refractivity contribution in [1.82, 2.24) is 0 Å². The molecule has 2 aromatic carbocycles. The summed E-state index contributed by atoms with van der Waals surface area (Å²) in [5.41, 5.74) is 1.06. The predicted molar refractivity (Wildman–Crippen MR) is 93.3 cm³/mol. The van der Waals surface area contributed by atoms with Crippen LogP contribution in [0.1, 0.15) is 30.4 Å². The largest absolute Gasteiger partial charge is 0.489 e. The zero-order valence-corrected chi connectivity index (χ0v) is 14.2. The van der Waals surface area contributed by atoms with E-state index in [1.807, 2.05) is 24.3 Å². The molecule has 0 bridgehead atoms. The average Bonchev–Trinajstić information content (AvgIpc) is 3.09. The van der Waals surface area contributed by atoms with Gasteiger partial charge in [0.1, 0.15) is 18.6 Å². The number of nitrogens with zero attached hydrogens (tertiary/aromatic N) is 1. The fourth-order valence-corrected chi connectivity index (χ4v) is 3.22. The van der Waals surface area contributed by atoms with Gasteiger partial charge in [-0.05, 0) is 54.8 Å². The summed E-state index contributed by atoms with van der Waals surface area (Å²) in [5.74, 6) is 0.653. The van der Waals surface area contributed by atoms with Crippen molar-refractivity contribution in [3.63, 3.8) is 0 Å². The number of rotatable bonds is 6. The molecule has 6 heteroatoms. The Bertz CT molecular complexity index is 726. The van der Waals surface area contributed by atoms with E-state index in [1.54, 1.807) is 0 Å². The fraction of sp³-hybridized carbons (Fsp3) is 0.350. The minimum absolute atomic E-state index is 0.203. The Hall–Kier alpha value is -2.50. The highest BCUT2D eigenvalue weighted by molar-refractivity contribution is 5.56. The molecule has 3 nitrogen and oxygen atoms in total. The molecule has 1 heterocycles. The maximum absolute atomic E-state index is 12.6. The summed E-state index contributed by atoms with van der Waals surface area (Å²) >= 11 is 0. The Morgan fingerprint density at radius 1 is 1.08 bits per heavy atom. The van der Waals surface area contributed by atoms with E-state index in [9.17, 15) is 18.0 Å². The molecule has 0 radical (unpaired) electrons. The maximum Gasteiger partial charge on any atom is 0.416 e. The molecule has 3 rings (SSSR count). The van der Waals surface area contributed by atoms with Gasteiger partial charge in [0.25, 0.3) is 0 Å². The molecule has 0 aliphatic carbocycles. The average molecular weight is 363 g/mol. The second-order valence-electron chi connectivity index (χ2n) is 6.37. The van der Waals surface area contributed by atoms with Crippen molar-refractivity contribution < 1.29 is 22.7 Å². The van der Waals surface area contributed by atoms with E-state index in [-0.39, 0.29) is 12.6 Å². The van der Waals surface area contributed by atoms with Crippen molar-refractivity contribution in [3.8, 4) is 5.75 Å². The second-order valence-corrected chi connectivity index (χ2v) is 6.37. The fourth-order valence-electron chi connectivity index (χ4n) is 3.22. The van der Waals surface area contributed by atoms with E-state index in [1.165, 1.54) is 12.1 Å². The van der Waals surface area contributed by atoms with E-state index < -0.39 is 11.7 Å². The zero-order valence-electron chi connectivity index (χ0n) is 14.2. The van der Waals surface area contributed by atoms with E-state index in [4.69, 9.17) is 4.74 Å². The number of ether oxygens (including phenoxy) is 1. The van der Waals surface area contributed by atoms with Crippen LogP contribution in [0.3, 0.4) is 0 Å². The van der Waals surface area contributed by atoms with Crippen molar-refractivity contribution >= 4 is 12.0 Å². The van der Waals surface area contributed by atoms with Crippen LogP contribution in [0, 0.1) is 0 Å². The highest BCUT2D eigenvalue weighted by atomic mass is 19.4. The first kappa shape index (κ1) is 18.3. The summed E-state index contributed by atoms with van der Waals surface area (Å²) < 4.78 is 43.3. The molecule has 0 N–H and O–H groups in total. The van der Waals surface area contributed by atoms with Gasteiger partial charge < -0.3 is 14.4 Å². The van der Waals surface area contributed by atoms with Gasteiger partial charge in [-0.1, -0.05) is 12.1 Å². The molecule has 1 fully saturated rings. The lowest BCUT2D eigenvalue weighted by Gasteiger charge is -2.25.